The maximum atomic E-state index is 12.3. The predicted molar refractivity (Wildman–Crippen MR) is 40.0 cm³/mol. The Kier molecular flexibility index (Phi) is 4.73. The molecule has 0 saturated carbocycles. The molecule has 0 saturated heterocycles. The molecule has 0 aliphatic carbocycles. The van der Waals surface area contributed by atoms with Crippen molar-refractivity contribution in [2.24, 2.45) is 0 Å². The molecule has 0 aromatic carbocycles. The molecule has 0 aromatic rings. The number of amides is 1. The van der Waals surface area contributed by atoms with Crippen LogP contribution in [0.1, 0.15) is 19.8 Å². The number of alkyl halides is 2. The number of carbonyl (C=O) groups excluding carboxylic acids is 1. The van der Waals surface area contributed by atoms with Gasteiger partial charge in [-0.2, -0.15) is 0 Å². The second kappa shape index (κ2) is 5.03. The van der Waals surface area contributed by atoms with E-state index < -0.39 is 25.0 Å². The molecular formula is C7H13F2NO2. The van der Waals surface area contributed by atoms with Crippen LogP contribution >= 0.6 is 0 Å². The van der Waals surface area contributed by atoms with Crippen LogP contribution in [-0.4, -0.2) is 30.1 Å². The summed E-state index contributed by atoms with van der Waals surface area (Å²) in [5.74, 6) is -3.62. The molecule has 1 amide bonds. The van der Waals surface area contributed by atoms with Gasteiger partial charge in [0.15, 0.2) is 0 Å². The number of aliphatic hydroxyl groups excluding tert-OH is 1. The van der Waals surface area contributed by atoms with Crippen molar-refractivity contribution in [3.8, 4) is 0 Å². The van der Waals surface area contributed by atoms with Crippen LogP contribution in [0, 0.1) is 0 Å². The summed E-state index contributed by atoms with van der Waals surface area (Å²) in [6.07, 6.45) is 0.859. The molecule has 0 fully saturated rings. The van der Waals surface area contributed by atoms with Crippen LogP contribution in [0.2, 0.25) is 0 Å². The molecule has 0 atom stereocenters. The van der Waals surface area contributed by atoms with Crippen molar-refractivity contribution in [1.29, 1.82) is 0 Å². The van der Waals surface area contributed by atoms with Crippen molar-refractivity contribution in [2.45, 2.75) is 25.7 Å². The quantitative estimate of drug-likeness (QED) is 0.650. The Morgan fingerprint density at radius 1 is 1.58 bits per heavy atom. The summed E-state index contributed by atoms with van der Waals surface area (Å²) in [5, 5.41) is 10.2. The van der Waals surface area contributed by atoms with E-state index in [9.17, 15) is 13.6 Å². The molecule has 0 aliphatic heterocycles. The van der Waals surface area contributed by atoms with E-state index in [1.165, 1.54) is 0 Å². The van der Waals surface area contributed by atoms with Crippen molar-refractivity contribution >= 4 is 5.91 Å². The third-order valence-corrected chi connectivity index (χ3v) is 1.25. The van der Waals surface area contributed by atoms with Crippen LogP contribution in [0.5, 0.6) is 0 Å². The van der Waals surface area contributed by atoms with Crippen molar-refractivity contribution < 1.29 is 18.7 Å². The lowest BCUT2D eigenvalue weighted by Gasteiger charge is -2.13. The number of rotatable bonds is 5. The van der Waals surface area contributed by atoms with Gasteiger partial charge in [0, 0.05) is 6.42 Å². The van der Waals surface area contributed by atoms with Gasteiger partial charge in [0.25, 0.3) is 5.92 Å². The lowest BCUT2D eigenvalue weighted by Crippen LogP contribution is -2.38. The summed E-state index contributed by atoms with van der Waals surface area (Å²) in [5.41, 5.74) is 0. The highest BCUT2D eigenvalue weighted by Gasteiger charge is 2.27. The van der Waals surface area contributed by atoms with Gasteiger partial charge in [0.1, 0.15) is 6.61 Å². The first-order valence-electron chi connectivity index (χ1n) is 3.77. The maximum absolute atomic E-state index is 12.3. The van der Waals surface area contributed by atoms with Crippen molar-refractivity contribution in [2.75, 3.05) is 13.2 Å². The Hall–Kier alpha value is -0.710. The van der Waals surface area contributed by atoms with Gasteiger partial charge in [-0.05, 0) is 6.42 Å². The van der Waals surface area contributed by atoms with E-state index in [-0.39, 0.29) is 6.42 Å². The van der Waals surface area contributed by atoms with Gasteiger partial charge in [0.2, 0.25) is 5.91 Å². The van der Waals surface area contributed by atoms with Gasteiger partial charge in [-0.3, -0.25) is 4.79 Å². The van der Waals surface area contributed by atoms with Crippen LogP contribution < -0.4 is 5.32 Å². The maximum Gasteiger partial charge on any atom is 0.287 e. The molecule has 72 valence electrons. The zero-order chi connectivity index (χ0) is 9.61. The monoisotopic (exact) mass is 181 g/mol. The summed E-state index contributed by atoms with van der Waals surface area (Å²) < 4.78 is 24.6. The van der Waals surface area contributed by atoms with Crippen molar-refractivity contribution in [1.82, 2.24) is 5.32 Å². The Bertz CT molecular complexity index is 150. The highest BCUT2D eigenvalue weighted by atomic mass is 19.3. The van der Waals surface area contributed by atoms with E-state index >= 15 is 0 Å². The van der Waals surface area contributed by atoms with E-state index in [1.807, 2.05) is 5.32 Å². The molecule has 0 spiro atoms. The minimum Gasteiger partial charge on any atom is -0.390 e. The SMILES string of the molecule is CCCC(=O)NCC(F)(F)CO. The third-order valence-electron chi connectivity index (χ3n) is 1.25. The van der Waals surface area contributed by atoms with Crippen molar-refractivity contribution in [3.63, 3.8) is 0 Å². The Morgan fingerprint density at radius 2 is 2.17 bits per heavy atom. The Morgan fingerprint density at radius 3 is 2.58 bits per heavy atom. The van der Waals surface area contributed by atoms with Crippen LogP contribution in [0.3, 0.4) is 0 Å². The Balaban J connectivity index is 3.60. The molecule has 3 nitrogen and oxygen atoms in total. The molecule has 0 radical (unpaired) electrons. The minimum atomic E-state index is -3.20. The largest absolute Gasteiger partial charge is 0.390 e. The lowest BCUT2D eigenvalue weighted by molar-refractivity contribution is -0.124. The average molecular weight is 181 g/mol. The van der Waals surface area contributed by atoms with E-state index in [0.717, 1.165) is 0 Å². The van der Waals surface area contributed by atoms with E-state index in [0.29, 0.717) is 6.42 Å². The number of aliphatic hydroxyl groups is 1. The Labute approximate surface area is 69.8 Å². The molecule has 12 heavy (non-hydrogen) atoms. The molecule has 0 bridgehead atoms. The average Bonchev–Trinajstić information content (AvgIpc) is 2.02. The molecule has 0 unspecified atom stereocenters. The van der Waals surface area contributed by atoms with Crippen molar-refractivity contribution in [3.05, 3.63) is 0 Å². The minimum absolute atomic E-state index is 0.238. The topological polar surface area (TPSA) is 49.3 Å². The van der Waals surface area contributed by atoms with Gasteiger partial charge in [-0.1, -0.05) is 6.92 Å². The van der Waals surface area contributed by atoms with Gasteiger partial charge in [-0.25, -0.2) is 8.78 Å². The number of nitrogens with one attached hydrogen (secondary N) is 1. The van der Waals surface area contributed by atoms with E-state index in [2.05, 4.69) is 0 Å². The molecule has 0 aliphatic rings. The zero-order valence-corrected chi connectivity index (χ0v) is 6.94. The van der Waals surface area contributed by atoms with E-state index in [4.69, 9.17) is 5.11 Å². The van der Waals surface area contributed by atoms with Gasteiger partial charge in [0.05, 0.1) is 6.54 Å². The van der Waals surface area contributed by atoms with Crippen LogP contribution in [0.15, 0.2) is 0 Å². The fourth-order valence-electron chi connectivity index (χ4n) is 0.599. The van der Waals surface area contributed by atoms with Crippen LogP contribution in [-0.2, 0) is 4.79 Å². The first-order chi connectivity index (χ1) is 5.52. The second-order valence-electron chi connectivity index (χ2n) is 2.54. The molecule has 0 rings (SSSR count). The molecular weight excluding hydrogens is 168 g/mol. The van der Waals surface area contributed by atoms with Gasteiger partial charge in [-0.15, -0.1) is 0 Å². The highest BCUT2D eigenvalue weighted by molar-refractivity contribution is 5.75. The predicted octanol–water partition coefficient (Wildman–Crippen LogP) is 0.530. The summed E-state index contributed by atoms with van der Waals surface area (Å²) in [7, 11) is 0. The third kappa shape index (κ3) is 5.01. The number of carbonyl (C=O) groups is 1. The highest BCUT2D eigenvalue weighted by Crippen LogP contribution is 2.09. The van der Waals surface area contributed by atoms with Crippen LogP contribution in [0.4, 0.5) is 8.78 Å². The first kappa shape index (κ1) is 11.3. The number of hydrogen-bond donors (Lipinski definition) is 2. The van der Waals surface area contributed by atoms with E-state index in [1.54, 1.807) is 6.92 Å². The standard InChI is InChI=1S/C7H13F2NO2/c1-2-3-6(12)10-4-7(8,9)5-11/h11H,2-5H2,1H3,(H,10,12). The van der Waals surface area contributed by atoms with Crippen LogP contribution in [0.25, 0.3) is 0 Å². The second-order valence-corrected chi connectivity index (χ2v) is 2.54. The van der Waals surface area contributed by atoms with Gasteiger partial charge < -0.3 is 10.4 Å². The molecule has 2 N–H and O–H groups in total. The normalized spacial score (nSPS) is 11.3. The lowest BCUT2D eigenvalue weighted by atomic mass is 10.3. The summed E-state index contributed by atoms with van der Waals surface area (Å²) in [6, 6.07) is 0. The number of halogens is 2. The zero-order valence-electron chi connectivity index (χ0n) is 6.94. The fraction of sp³-hybridized carbons (Fsp3) is 0.857. The van der Waals surface area contributed by atoms with Gasteiger partial charge >= 0.3 is 0 Å². The summed E-state index contributed by atoms with van der Waals surface area (Å²) in [6.45, 7) is -0.245. The fourth-order valence-corrected chi connectivity index (χ4v) is 0.599. The molecule has 0 heterocycles. The molecule has 0 aromatic heterocycles. The number of hydrogen-bond acceptors (Lipinski definition) is 2. The first-order valence-corrected chi connectivity index (χ1v) is 3.77. The molecule has 5 heteroatoms. The smallest absolute Gasteiger partial charge is 0.287 e. The summed E-state index contributed by atoms with van der Waals surface area (Å²) in [4.78, 5) is 10.7. The summed E-state index contributed by atoms with van der Waals surface area (Å²) >= 11 is 0.